The molecule has 35 heavy (non-hydrogen) atoms. The van der Waals surface area contributed by atoms with Crippen molar-refractivity contribution in [2.24, 2.45) is 0 Å². The summed E-state index contributed by atoms with van der Waals surface area (Å²) in [5.74, 6) is 1.26. The van der Waals surface area contributed by atoms with E-state index in [-0.39, 0.29) is 0 Å². The van der Waals surface area contributed by atoms with Gasteiger partial charge in [-0.25, -0.2) is 0 Å². The Bertz CT molecular complexity index is 1310. The zero-order valence-electron chi connectivity index (χ0n) is 20.1. The molecule has 0 atom stereocenters. The molecule has 2 aliphatic rings. The molecular formula is C29H31NO4S. The van der Waals surface area contributed by atoms with Crippen molar-refractivity contribution in [1.29, 1.82) is 0 Å². The van der Waals surface area contributed by atoms with E-state index < -0.39 is 10.1 Å². The third kappa shape index (κ3) is 5.95. The summed E-state index contributed by atoms with van der Waals surface area (Å²) >= 11 is 0. The van der Waals surface area contributed by atoms with Gasteiger partial charge in [0.15, 0.2) is 0 Å². The fourth-order valence-electron chi connectivity index (χ4n) is 5.02. The molecule has 1 heterocycles. The number of hydrogen-bond acceptors (Lipinski definition) is 5. The van der Waals surface area contributed by atoms with Crippen molar-refractivity contribution in [3.63, 3.8) is 0 Å². The first-order chi connectivity index (χ1) is 16.9. The van der Waals surface area contributed by atoms with E-state index in [0.29, 0.717) is 12.4 Å². The smallest absolute Gasteiger partial charge is 0.306 e. The lowest BCUT2D eigenvalue weighted by molar-refractivity contribution is 0.238. The van der Waals surface area contributed by atoms with Gasteiger partial charge in [-0.3, -0.25) is 4.90 Å². The van der Waals surface area contributed by atoms with Gasteiger partial charge in [0, 0.05) is 6.54 Å². The molecule has 3 aromatic rings. The number of likely N-dealkylation sites (tertiary alicyclic amines) is 1. The Morgan fingerprint density at radius 2 is 1.60 bits per heavy atom. The topological polar surface area (TPSA) is 55.8 Å². The third-order valence-electron chi connectivity index (χ3n) is 6.68. The Hall–Kier alpha value is -3.09. The highest BCUT2D eigenvalue weighted by Crippen LogP contribution is 2.41. The van der Waals surface area contributed by atoms with Gasteiger partial charge in [0.25, 0.3) is 0 Å². The summed E-state index contributed by atoms with van der Waals surface area (Å²) in [6.07, 6.45) is 5.19. The Morgan fingerprint density at radius 1 is 0.886 bits per heavy atom. The standard InChI is InChI=1S/C29H31NO4S/c1-35(31,32)34-26-13-14-27-24(20-26)21-28(23-7-3-2-4-8-23)29(27)19-22-9-11-25(12-10-22)33-18-17-30-15-5-6-16-30/h2-4,7-14,20H,5-6,15-19,21H2,1H3. The Morgan fingerprint density at radius 3 is 2.31 bits per heavy atom. The van der Waals surface area contributed by atoms with Crippen molar-refractivity contribution < 1.29 is 17.3 Å². The van der Waals surface area contributed by atoms with Crippen molar-refractivity contribution in [1.82, 2.24) is 4.90 Å². The minimum atomic E-state index is -3.57. The van der Waals surface area contributed by atoms with Crippen molar-refractivity contribution in [3.05, 3.63) is 95.1 Å². The molecular weight excluding hydrogens is 458 g/mol. The summed E-state index contributed by atoms with van der Waals surface area (Å²) in [5, 5.41) is 0. The summed E-state index contributed by atoms with van der Waals surface area (Å²) < 4.78 is 34.3. The first-order valence-electron chi connectivity index (χ1n) is 12.2. The summed E-state index contributed by atoms with van der Waals surface area (Å²) in [4.78, 5) is 2.45. The van der Waals surface area contributed by atoms with Gasteiger partial charge < -0.3 is 8.92 Å². The minimum Gasteiger partial charge on any atom is -0.492 e. The van der Waals surface area contributed by atoms with Gasteiger partial charge in [-0.1, -0.05) is 48.5 Å². The monoisotopic (exact) mass is 489 g/mol. The molecule has 1 aliphatic carbocycles. The highest BCUT2D eigenvalue weighted by Gasteiger charge is 2.24. The molecule has 1 fully saturated rings. The summed E-state index contributed by atoms with van der Waals surface area (Å²) in [6, 6.07) is 24.4. The quantitative estimate of drug-likeness (QED) is 0.386. The van der Waals surface area contributed by atoms with E-state index in [1.807, 2.05) is 18.2 Å². The predicted octanol–water partition coefficient (Wildman–Crippen LogP) is 5.21. The minimum absolute atomic E-state index is 0.357. The summed E-state index contributed by atoms with van der Waals surface area (Å²) in [7, 11) is -3.57. The maximum absolute atomic E-state index is 11.6. The van der Waals surface area contributed by atoms with Gasteiger partial charge in [0.05, 0.1) is 6.26 Å². The molecule has 1 saturated heterocycles. The summed E-state index contributed by atoms with van der Waals surface area (Å²) in [6.45, 7) is 4.07. The van der Waals surface area contributed by atoms with Crippen LogP contribution in [0.3, 0.4) is 0 Å². The van der Waals surface area contributed by atoms with Crippen LogP contribution in [-0.4, -0.2) is 45.8 Å². The first kappa shape index (κ1) is 23.6. The van der Waals surface area contributed by atoms with Crippen LogP contribution in [0.2, 0.25) is 0 Å². The number of benzene rings is 3. The molecule has 0 saturated carbocycles. The second-order valence-electron chi connectivity index (χ2n) is 9.32. The zero-order chi connectivity index (χ0) is 24.3. The molecule has 1 aliphatic heterocycles. The third-order valence-corrected chi connectivity index (χ3v) is 7.18. The molecule has 0 radical (unpaired) electrons. The lowest BCUT2D eigenvalue weighted by atomic mass is 9.95. The van der Waals surface area contributed by atoms with Gasteiger partial charge in [-0.2, -0.15) is 8.42 Å². The number of fused-ring (bicyclic) bond motifs is 1. The van der Waals surface area contributed by atoms with E-state index >= 15 is 0 Å². The van der Waals surface area contributed by atoms with Gasteiger partial charge in [0.1, 0.15) is 18.1 Å². The molecule has 0 amide bonds. The molecule has 0 unspecified atom stereocenters. The number of allylic oxidation sites excluding steroid dienone is 2. The fourth-order valence-corrected chi connectivity index (χ4v) is 5.47. The summed E-state index contributed by atoms with van der Waals surface area (Å²) in [5.41, 5.74) is 7.16. The van der Waals surface area contributed by atoms with E-state index in [1.54, 1.807) is 6.07 Å². The van der Waals surface area contributed by atoms with Crippen molar-refractivity contribution >= 4 is 21.3 Å². The molecule has 0 N–H and O–H groups in total. The number of nitrogens with zero attached hydrogens (tertiary/aromatic N) is 1. The molecule has 0 bridgehead atoms. The van der Waals surface area contributed by atoms with Crippen molar-refractivity contribution in [3.8, 4) is 11.5 Å². The van der Waals surface area contributed by atoms with Crippen LogP contribution in [0.5, 0.6) is 11.5 Å². The van der Waals surface area contributed by atoms with Crippen molar-refractivity contribution in [2.45, 2.75) is 25.7 Å². The number of hydrogen-bond donors (Lipinski definition) is 0. The van der Waals surface area contributed by atoms with Crippen LogP contribution in [0.15, 0.2) is 72.8 Å². The van der Waals surface area contributed by atoms with Gasteiger partial charge >= 0.3 is 10.1 Å². The van der Waals surface area contributed by atoms with Gasteiger partial charge in [0.2, 0.25) is 0 Å². The van der Waals surface area contributed by atoms with Crippen LogP contribution < -0.4 is 8.92 Å². The number of ether oxygens (including phenoxy) is 1. The Balaban J connectivity index is 1.35. The molecule has 0 spiro atoms. The lowest BCUT2D eigenvalue weighted by Gasteiger charge is -2.15. The van der Waals surface area contributed by atoms with Crippen molar-refractivity contribution in [2.75, 3.05) is 32.5 Å². The second kappa shape index (κ2) is 10.3. The Labute approximate surface area is 208 Å². The van der Waals surface area contributed by atoms with Crippen LogP contribution >= 0.6 is 0 Å². The maximum atomic E-state index is 11.6. The van der Waals surface area contributed by atoms with Crippen LogP contribution in [-0.2, 0) is 23.0 Å². The predicted molar refractivity (Wildman–Crippen MR) is 140 cm³/mol. The molecule has 6 heteroatoms. The van der Waals surface area contributed by atoms with E-state index in [1.165, 1.54) is 48.2 Å². The molecule has 5 nitrogen and oxygen atoms in total. The molecule has 5 rings (SSSR count). The van der Waals surface area contributed by atoms with Crippen LogP contribution in [0.25, 0.3) is 11.1 Å². The van der Waals surface area contributed by atoms with Gasteiger partial charge in [-0.05, 0) is 96.4 Å². The normalized spacial score (nSPS) is 15.9. The molecule has 3 aromatic carbocycles. The van der Waals surface area contributed by atoms with E-state index in [0.717, 1.165) is 42.5 Å². The van der Waals surface area contributed by atoms with Crippen LogP contribution in [0, 0.1) is 0 Å². The van der Waals surface area contributed by atoms with E-state index in [9.17, 15) is 8.42 Å². The molecule has 182 valence electrons. The highest BCUT2D eigenvalue weighted by molar-refractivity contribution is 7.86. The molecule has 0 aromatic heterocycles. The zero-order valence-corrected chi connectivity index (χ0v) is 20.9. The average Bonchev–Trinajstić information content (AvgIpc) is 3.48. The SMILES string of the molecule is CS(=O)(=O)Oc1ccc2c(c1)CC(c1ccccc1)=C2Cc1ccc(OCCN2CCCC2)cc1. The Kier molecular flexibility index (Phi) is 6.93. The highest BCUT2D eigenvalue weighted by atomic mass is 32.2. The van der Waals surface area contributed by atoms with Gasteiger partial charge in [-0.15, -0.1) is 0 Å². The van der Waals surface area contributed by atoms with E-state index in [2.05, 4.69) is 53.4 Å². The fraction of sp³-hybridized carbons (Fsp3) is 0.310. The van der Waals surface area contributed by atoms with Crippen LogP contribution in [0.1, 0.15) is 35.1 Å². The number of rotatable bonds is 9. The largest absolute Gasteiger partial charge is 0.492 e. The maximum Gasteiger partial charge on any atom is 0.306 e. The average molecular weight is 490 g/mol. The lowest BCUT2D eigenvalue weighted by Crippen LogP contribution is -2.25. The second-order valence-corrected chi connectivity index (χ2v) is 10.9. The first-order valence-corrected chi connectivity index (χ1v) is 14.0. The van der Waals surface area contributed by atoms with Crippen LogP contribution in [0.4, 0.5) is 0 Å². The van der Waals surface area contributed by atoms with E-state index in [4.69, 9.17) is 8.92 Å².